The van der Waals surface area contributed by atoms with Crippen molar-refractivity contribution < 1.29 is 9.90 Å². The molecule has 1 aliphatic carbocycles. The first kappa shape index (κ1) is 13.8. The molecule has 2 aromatic heterocycles. The SMILES string of the molecule is O=C(NC1CCCc2c1cnn2CCO)c1ccccn1. The highest BCUT2D eigenvalue weighted by Crippen LogP contribution is 2.29. The van der Waals surface area contributed by atoms with Crippen molar-refractivity contribution in [2.75, 3.05) is 6.61 Å². The molecule has 1 amide bonds. The van der Waals surface area contributed by atoms with Gasteiger partial charge in [-0.25, -0.2) is 0 Å². The number of pyridine rings is 1. The lowest BCUT2D eigenvalue weighted by atomic mass is 9.93. The van der Waals surface area contributed by atoms with Gasteiger partial charge in [0.15, 0.2) is 0 Å². The number of hydrogen-bond acceptors (Lipinski definition) is 4. The molecular formula is C15H18N4O2. The Morgan fingerprint density at radius 1 is 1.48 bits per heavy atom. The summed E-state index contributed by atoms with van der Waals surface area (Å²) in [6.07, 6.45) is 6.24. The molecule has 0 aromatic carbocycles. The first-order valence-corrected chi connectivity index (χ1v) is 7.17. The minimum absolute atomic E-state index is 0.0318. The van der Waals surface area contributed by atoms with Crippen LogP contribution in [0.3, 0.4) is 0 Å². The molecule has 1 aliphatic rings. The highest BCUT2D eigenvalue weighted by molar-refractivity contribution is 5.92. The van der Waals surface area contributed by atoms with Gasteiger partial charge in [-0.3, -0.25) is 14.5 Å². The Kier molecular flexibility index (Phi) is 3.96. The van der Waals surface area contributed by atoms with E-state index in [2.05, 4.69) is 15.4 Å². The summed E-state index contributed by atoms with van der Waals surface area (Å²) in [7, 11) is 0. The largest absolute Gasteiger partial charge is 0.394 e. The number of carbonyl (C=O) groups is 1. The maximum atomic E-state index is 12.2. The van der Waals surface area contributed by atoms with E-state index in [4.69, 9.17) is 5.11 Å². The second kappa shape index (κ2) is 6.05. The van der Waals surface area contributed by atoms with Crippen molar-refractivity contribution in [3.05, 3.63) is 47.5 Å². The zero-order chi connectivity index (χ0) is 14.7. The second-order valence-electron chi connectivity index (χ2n) is 5.13. The summed E-state index contributed by atoms with van der Waals surface area (Å²) in [5, 5.41) is 16.4. The molecule has 0 radical (unpaired) electrons. The smallest absolute Gasteiger partial charge is 0.270 e. The number of hydrogen-bond donors (Lipinski definition) is 2. The molecule has 6 heteroatoms. The molecule has 1 unspecified atom stereocenters. The number of carbonyl (C=O) groups excluding carboxylic acids is 1. The average Bonchev–Trinajstić information content (AvgIpc) is 2.93. The molecule has 1 atom stereocenters. The van der Waals surface area contributed by atoms with Gasteiger partial charge in [0.25, 0.3) is 5.91 Å². The number of aromatic nitrogens is 3. The summed E-state index contributed by atoms with van der Waals surface area (Å²) in [4.78, 5) is 16.3. The Balaban J connectivity index is 1.78. The van der Waals surface area contributed by atoms with Gasteiger partial charge in [0.1, 0.15) is 5.69 Å². The van der Waals surface area contributed by atoms with Crippen LogP contribution in [0, 0.1) is 0 Å². The van der Waals surface area contributed by atoms with Crippen molar-refractivity contribution in [1.29, 1.82) is 0 Å². The van der Waals surface area contributed by atoms with Gasteiger partial charge in [-0.1, -0.05) is 6.07 Å². The maximum absolute atomic E-state index is 12.2. The summed E-state index contributed by atoms with van der Waals surface area (Å²) in [5.41, 5.74) is 2.59. The van der Waals surface area contributed by atoms with E-state index in [1.54, 1.807) is 30.6 Å². The first-order chi connectivity index (χ1) is 10.3. The van der Waals surface area contributed by atoms with Crippen molar-refractivity contribution >= 4 is 5.91 Å². The van der Waals surface area contributed by atoms with E-state index < -0.39 is 0 Å². The number of rotatable bonds is 4. The van der Waals surface area contributed by atoms with Crippen LogP contribution in [0.25, 0.3) is 0 Å². The van der Waals surface area contributed by atoms with Crippen LogP contribution in [-0.4, -0.2) is 32.4 Å². The maximum Gasteiger partial charge on any atom is 0.270 e. The van der Waals surface area contributed by atoms with Gasteiger partial charge in [-0.15, -0.1) is 0 Å². The van der Waals surface area contributed by atoms with E-state index in [9.17, 15) is 4.79 Å². The first-order valence-electron chi connectivity index (χ1n) is 7.17. The molecule has 0 saturated carbocycles. The molecule has 0 saturated heterocycles. The number of aliphatic hydroxyl groups excluding tert-OH is 1. The lowest BCUT2D eigenvalue weighted by molar-refractivity contribution is 0.0927. The van der Waals surface area contributed by atoms with Crippen LogP contribution >= 0.6 is 0 Å². The van der Waals surface area contributed by atoms with Crippen LogP contribution in [-0.2, 0) is 13.0 Å². The van der Waals surface area contributed by atoms with Crippen LogP contribution in [0.4, 0.5) is 0 Å². The van der Waals surface area contributed by atoms with E-state index >= 15 is 0 Å². The molecule has 3 rings (SSSR count). The highest BCUT2D eigenvalue weighted by Gasteiger charge is 2.25. The standard InChI is InChI=1S/C15H18N4O2/c20-9-8-19-14-6-3-5-12(11(14)10-17-19)18-15(21)13-4-1-2-7-16-13/h1-2,4,7,10,12,20H,3,5-6,8-9H2,(H,18,21). The van der Waals surface area contributed by atoms with Crippen molar-refractivity contribution in [2.24, 2.45) is 0 Å². The second-order valence-corrected chi connectivity index (χ2v) is 5.13. The Labute approximate surface area is 122 Å². The van der Waals surface area contributed by atoms with Crippen LogP contribution in [0.5, 0.6) is 0 Å². The van der Waals surface area contributed by atoms with E-state index in [1.807, 2.05) is 4.68 Å². The normalized spacial score (nSPS) is 17.3. The molecule has 2 aromatic rings. The molecule has 0 aliphatic heterocycles. The summed E-state index contributed by atoms with van der Waals surface area (Å²) in [5.74, 6) is -0.164. The Morgan fingerprint density at radius 3 is 3.14 bits per heavy atom. The predicted octanol–water partition coefficient (Wildman–Crippen LogP) is 1.08. The molecule has 21 heavy (non-hydrogen) atoms. The molecule has 0 bridgehead atoms. The Hall–Kier alpha value is -2.21. The summed E-state index contributed by atoms with van der Waals surface area (Å²) in [6.45, 7) is 0.565. The third-order valence-corrected chi connectivity index (χ3v) is 3.78. The van der Waals surface area contributed by atoms with Gasteiger partial charge in [0, 0.05) is 17.5 Å². The highest BCUT2D eigenvalue weighted by atomic mass is 16.3. The average molecular weight is 286 g/mol. The molecular weight excluding hydrogens is 268 g/mol. The summed E-state index contributed by atoms with van der Waals surface area (Å²) >= 11 is 0. The zero-order valence-corrected chi connectivity index (χ0v) is 11.7. The quantitative estimate of drug-likeness (QED) is 0.881. The number of nitrogens with zero attached hydrogens (tertiary/aromatic N) is 3. The Morgan fingerprint density at radius 2 is 2.38 bits per heavy atom. The van der Waals surface area contributed by atoms with Gasteiger partial charge in [-0.2, -0.15) is 5.10 Å². The van der Waals surface area contributed by atoms with E-state index in [-0.39, 0.29) is 18.6 Å². The van der Waals surface area contributed by atoms with Gasteiger partial charge < -0.3 is 10.4 Å². The zero-order valence-electron chi connectivity index (χ0n) is 11.7. The Bertz CT molecular complexity index is 624. The van der Waals surface area contributed by atoms with E-state index in [1.165, 1.54) is 0 Å². The molecule has 0 spiro atoms. The summed E-state index contributed by atoms with van der Waals surface area (Å²) < 4.78 is 1.83. The molecule has 110 valence electrons. The monoisotopic (exact) mass is 286 g/mol. The number of fused-ring (bicyclic) bond motifs is 1. The van der Waals surface area contributed by atoms with Crippen molar-refractivity contribution in [3.63, 3.8) is 0 Å². The van der Waals surface area contributed by atoms with E-state index in [0.29, 0.717) is 12.2 Å². The third-order valence-electron chi connectivity index (χ3n) is 3.78. The van der Waals surface area contributed by atoms with Gasteiger partial charge in [-0.05, 0) is 31.4 Å². The molecule has 2 heterocycles. The van der Waals surface area contributed by atoms with Gasteiger partial charge >= 0.3 is 0 Å². The fraction of sp³-hybridized carbons (Fsp3) is 0.400. The lowest BCUT2D eigenvalue weighted by Gasteiger charge is -2.24. The summed E-state index contributed by atoms with van der Waals surface area (Å²) in [6, 6.07) is 5.26. The topological polar surface area (TPSA) is 80.0 Å². The van der Waals surface area contributed by atoms with Crippen LogP contribution in [0.1, 0.15) is 40.6 Å². The molecule has 0 fully saturated rings. The minimum atomic E-state index is -0.164. The number of amides is 1. The number of nitrogens with one attached hydrogen (secondary N) is 1. The van der Waals surface area contributed by atoms with Gasteiger partial charge in [0.05, 0.1) is 25.4 Å². The molecule has 6 nitrogen and oxygen atoms in total. The minimum Gasteiger partial charge on any atom is -0.394 e. The van der Waals surface area contributed by atoms with Crippen molar-refractivity contribution in [2.45, 2.75) is 31.8 Å². The van der Waals surface area contributed by atoms with Crippen LogP contribution in [0.2, 0.25) is 0 Å². The van der Waals surface area contributed by atoms with E-state index in [0.717, 1.165) is 30.5 Å². The van der Waals surface area contributed by atoms with Gasteiger partial charge in [0.2, 0.25) is 0 Å². The van der Waals surface area contributed by atoms with Crippen LogP contribution in [0.15, 0.2) is 30.6 Å². The molecule has 2 N–H and O–H groups in total. The van der Waals surface area contributed by atoms with Crippen molar-refractivity contribution in [3.8, 4) is 0 Å². The van der Waals surface area contributed by atoms with Crippen molar-refractivity contribution in [1.82, 2.24) is 20.1 Å². The number of aliphatic hydroxyl groups is 1. The lowest BCUT2D eigenvalue weighted by Crippen LogP contribution is -2.31. The fourth-order valence-electron chi connectivity index (χ4n) is 2.79. The fourth-order valence-corrected chi connectivity index (χ4v) is 2.79. The predicted molar refractivity (Wildman–Crippen MR) is 76.7 cm³/mol. The van der Waals surface area contributed by atoms with Crippen LogP contribution < -0.4 is 5.32 Å². The third kappa shape index (κ3) is 2.80.